The Bertz CT molecular complexity index is 621. The second kappa shape index (κ2) is 6.50. The van der Waals surface area contributed by atoms with Crippen molar-refractivity contribution < 1.29 is 28.3 Å². The molecule has 2 amide bonds. The molecule has 0 radical (unpaired) electrons. The van der Waals surface area contributed by atoms with Crippen LogP contribution in [0.5, 0.6) is 0 Å². The van der Waals surface area contributed by atoms with Crippen molar-refractivity contribution in [2.75, 3.05) is 18.4 Å². The summed E-state index contributed by atoms with van der Waals surface area (Å²) in [4.78, 5) is 35.4. The third-order valence-electron chi connectivity index (χ3n) is 3.38. The Hall–Kier alpha value is -2.51. The molecule has 0 bridgehead atoms. The molecule has 0 saturated carbocycles. The molecule has 0 aliphatic carbocycles. The van der Waals surface area contributed by atoms with Gasteiger partial charge in [0, 0.05) is 32.0 Å². The normalized spacial score (nSPS) is 17.6. The first-order valence-electron chi connectivity index (χ1n) is 6.62. The number of carbonyl (C=O) groups excluding carboxylic acids is 2. The molecule has 1 aliphatic heterocycles. The van der Waals surface area contributed by atoms with Gasteiger partial charge in [-0.3, -0.25) is 14.4 Å². The number of carboxylic acid groups (broad SMARTS) is 1. The molecule has 1 aromatic carbocycles. The van der Waals surface area contributed by atoms with E-state index in [1.54, 1.807) is 0 Å². The van der Waals surface area contributed by atoms with Crippen molar-refractivity contribution in [1.82, 2.24) is 4.90 Å². The summed E-state index contributed by atoms with van der Waals surface area (Å²) in [6.45, 7) is 0.0845. The molecule has 1 aliphatic rings. The predicted octanol–water partition coefficient (Wildman–Crippen LogP) is 1.23. The lowest BCUT2D eigenvalue weighted by atomic mass is 10.1. The van der Waals surface area contributed by atoms with Crippen molar-refractivity contribution in [1.29, 1.82) is 0 Å². The summed E-state index contributed by atoms with van der Waals surface area (Å²) in [6, 6.07) is 2.68. The topological polar surface area (TPSA) is 86.7 Å². The number of halogens is 2. The van der Waals surface area contributed by atoms with E-state index >= 15 is 0 Å². The van der Waals surface area contributed by atoms with E-state index in [1.165, 1.54) is 4.90 Å². The Morgan fingerprint density at radius 3 is 2.73 bits per heavy atom. The number of anilines is 1. The number of amides is 2. The molecule has 1 unspecified atom stereocenters. The van der Waals surface area contributed by atoms with Gasteiger partial charge in [0.1, 0.15) is 11.6 Å². The Kier molecular flexibility index (Phi) is 4.69. The molecule has 1 saturated heterocycles. The number of carboxylic acids is 1. The van der Waals surface area contributed by atoms with E-state index in [0.29, 0.717) is 0 Å². The lowest BCUT2D eigenvalue weighted by Gasteiger charge is -2.15. The molecule has 1 heterocycles. The van der Waals surface area contributed by atoms with Crippen molar-refractivity contribution in [3.05, 3.63) is 29.8 Å². The first-order valence-corrected chi connectivity index (χ1v) is 6.62. The SMILES string of the molecule is O=C(CCN1CC(C(=O)O)CC1=O)Nc1cc(F)ccc1F. The van der Waals surface area contributed by atoms with Gasteiger partial charge in [-0.15, -0.1) is 0 Å². The van der Waals surface area contributed by atoms with Crippen LogP contribution in [0.4, 0.5) is 14.5 Å². The molecule has 2 rings (SSSR count). The van der Waals surface area contributed by atoms with Crippen LogP contribution in [0.1, 0.15) is 12.8 Å². The summed E-state index contributed by atoms with van der Waals surface area (Å²) < 4.78 is 26.3. The zero-order chi connectivity index (χ0) is 16.3. The van der Waals surface area contributed by atoms with Gasteiger partial charge in [-0.05, 0) is 12.1 Å². The second-order valence-corrected chi connectivity index (χ2v) is 5.00. The fourth-order valence-corrected chi connectivity index (χ4v) is 2.20. The quantitative estimate of drug-likeness (QED) is 0.856. The summed E-state index contributed by atoms with van der Waals surface area (Å²) in [6.07, 6.45) is -0.219. The average molecular weight is 312 g/mol. The van der Waals surface area contributed by atoms with E-state index in [1.807, 2.05) is 0 Å². The molecule has 0 aromatic heterocycles. The average Bonchev–Trinajstić information content (AvgIpc) is 2.82. The zero-order valence-electron chi connectivity index (χ0n) is 11.5. The van der Waals surface area contributed by atoms with Crippen LogP contribution in [0.3, 0.4) is 0 Å². The van der Waals surface area contributed by atoms with E-state index in [0.717, 1.165) is 18.2 Å². The minimum absolute atomic E-state index is 0.0331. The standard InChI is InChI=1S/C14H14F2N2O4/c15-9-1-2-10(16)11(6-9)17-12(19)3-4-18-7-8(14(21)22)5-13(18)20/h1-2,6,8H,3-5,7H2,(H,17,19)(H,21,22). The molecular formula is C14H14F2N2O4. The minimum atomic E-state index is -1.05. The highest BCUT2D eigenvalue weighted by Gasteiger charge is 2.34. The predicted molar refractivity (Wildman–Crippen MR) is 71.9 cm³/mol. The summed E-state index contributed by atoms with van der Waals surface area (Å²) in [5, 5.41) is 11.1. The Balaban J connectivity index is 1.87. The Morgan fingerprint density at radius 2 is 2.09 bits per heavy atom. The number of rotatable bonds is 5. The number of hydrogen-bond acceptors (Lipinski definition) is 3. The summed E-state index contributed by atoms with van der Waals surface area (Å²) >= 11 is 0. The van der Waals surface area contributed by atoms with E-state index < -0.39 is 29.4 Å². The largest absolute Gasteiger partial charge is 0.481 e. The van der Waals surface area contributed by atoms with Gasteiger partial charge < -0.3 is 15.3 Å². The molecule has 2 N–H and O–H groups in total. The fourth-order valence-electron chi connectivity index (χ4n) is 2.20. The van der Waals surface area contributed by atoms with Crippen molar-refractivity contribution >= 4 is 23.5 Å². The van der Waals surface area contributed by atoms with Gasteiger partial charge in [-0.25, -0.2) is 8.78 Å². The third-order valence-corrected chi connectivity index (χ3v) is 3.38. The van der Waals surface area contributed by atoms with Gasteiger partial charge in [0.05, 0.1) is 11.6 Å². The van der Waals surface area contributed by atoms with E-state index in [4.69, 9.17) is 5.11 Å². The maximum absolute atomic E-state index is 13.4. The number of hydrogen-bond donors (Lipinski definition) is 2. The Morgan fingerprint density at radius 1 is 1.36 bits per heavy atom. The molecule has 22 heavy (non-hydrogen) atoms. The van der Waals surface area contributed by atoms with Gasteiger partial charge in [0.2, 0.25) is 11.8 Å². The van der Waals surface area contributed by atoms with Crippen LogP contribution in [0.2, 0.25) is 0 Å². The highest BCUT2D eigenvalue weighted by atomic mass is 19.1. The molecular weight excluding hydrogens is 298 g/mol. The zero-order valence-corrected chi connectivity index (χ0v) is 11.5. The highest BCUT2D eigenvalue weighted by molar-refractivity contribution is 5.91. The third kappa shape index (κ3) is 3.78. The van der Waals surface area contributed by atoms with Gasteiger partial charge in [0.25, 0.3) is 0 Å². The molecule has 6 nitrogen and oxygen atoms in total. The Labute approximate surface area is 124 Å². The molecule has 1 aromatic rings. The van der Waals surface area contributed by atoms with Gasteiger partial charge in [0.15, 0.2) is 0 Å². The number of aliphatic carboxylic acids is 1. The van der Waals surface area contributed by atoms with Crippen molar-refractivity contribution in [3.8, 4) is 0 Å². The van der Waals surface area contributed by atoms with Crippen LogP contribution in [0.25, 0.3) is 0 Å². The lowest BCUT2D eigenvalue weighted by Crippen LogP contribution is -2.30. The minimum Gasteiger partial charge on any atom is -0.481 e. The monoisotopic (exact) mass is 312 g/mol. The number of likely N-dealkylation sites (tertiary alicyclic amines) is 1. The van der Waals surface area contributed by atoms with E-state index in [-0.39, 0.29) is 37.5 Å². The summed E-state index contributed by atoms with van der Waals surface area (Å²) in [5.74, 6) is -4.19. The van der Waals surface area contributed by atoms with Crippen LogP contribution in [-0.4, -0.2) is 40.9 Å². The van der Waals surface area contributed by atoms with Crippen LogP contribution in [0, 0.1) is 17.6 Å². The van der Waals surface area contributed by atoms with E-state index in [9.17, 15) is 23.2 Å². The summed E-state index contributed by atoms with van der Waals surface area (Å²) in [7, 11) is 0. The summed E-state index contributed by atoms with van der Waals surface area (Å²) in [5.41, 5.74) is -0.277. The second-order valence-electron chi connectivity index (χ2n) is 5.00. The number of carbonyl (C=O) groups is 3. The van der Waals surface area contributed by atoms with Crippen LogP contribution in [-0.2, 0) is 14.4 Å². The number of nitrogens with one attached hydrogen (secondary N) is 1. The molecule has 118 valence electrons. The van der Waals surface area contributed by atoms with Crippen molar-refractivity contribution in [2.24, 2.45) is 5.92 Å². The smallest absolute Gasteiger partial charge is 0.308 e. The lowest BCUT2D eigenvalue weighted by molar-refractivity contribution is -0.141. The molecule has 1 fully saturated rings. The van der Waals surface area contributed by atoms with Crippen LogP contribution in [0.15, 0.2) is 18.2 Å². The maximum Gasteiger partial charge on any atom is 0.308 e. The maximum atomic E-state index is 13.4. The number of nitrogens with zero attached hydrogens (tertiary/aromatic N) is 1. The fraction of sp³-hybridized carbons (Fsp3) is 0.357. The highest BCUT2D eigenvalue weighted by Crippen LogP contribution is 2.19. The van der Waals surface area contributed by atoms with E-state index in [2.05, 4.69) is 5.32 Å². The first kappa shape index (κ1) is 15.9. The van der Waals surface area contributed by atoms with Crippen molar-refractivity contribution in [3.63, 3.8) is 0 Å². The van der Waals surface area contributed by atoms with Gasteiger partial charge >= 0.3 is 5.97 Å². The van der Waals surface area contributed by atoms with Crippen LogP contribution < -0.4 is 5.32 Å². The van der Waals surface area contributed by atoms with Gasteiger partial charge in [-0.2, -0.15) is 0 Å². The number of benzene rings is 1. The molecule has 0 spiro atoms. The molecule has 1 atom stereocenters. The van der Waals surface area contributed by atoms with Crippen LogP contribution >= 0.6 is 0 Å². The molecule has 8 heteroatoms. The first-order chi connectivity index (χ1) is 10.4. The van der Waals surface area contributed by atoms with Gasteiger partial charge in [-0.1, -0.05) is 0 Å². The van der Waals surface area contributed by atoms with Crippen molar-refractivity contribution in [2.45, 2.75) is 12.8 Å².